The fourth-order valence-electron chi connectivity index (χ4n) is 3.53. The molecule has 1 amide bonds. The zero-order chi connectivity index (χ0) is 20.4. The number of carbonyl (C=O) groups is 1. The van der Waals surface area contributed by atoms with E-state index < -0.39 is 0 Å². The van der Waals surface area contributed by atoms with Crippen LogP contribution in [0.25, 0.3) is 10.2 Å². The molecule has 154 valence electrons. The van der Waals surface area contributed by atoms with Crippen LogP contribution >= 0.6 is 11.3 Å². The van der Waals surface area contributed by atoms with Gasteiger partial charge in [-0.2, -0.15) is 5.10 Å². The molecule has 0 aliphatic carbocycles. The second kappa shape index (κ2) is 8.61. The molecular weight excluding hydrogens is 386 g/mol. The number of ether oxygens (including phenoxy) is 1. The summed E-state index contributed by atoms with van der Waals surface area (Å²) in [6, 6.07) is 9.99. The van der Waals surface area contributed by atoms with Crippen molar-refractivity contribution in [3.8, 4) is 0 Å². The summed E-state index contributed by atoms with van der Waals surface area (Å²) in [5.74, 6) is -0.0494. The normalized spacial score (nSPS) is 15.3. The van der Waals surface area contributed by atoms with E-state index in [9.17, 15) is 4.79 Å². The second-order valence-electron chi connectivity index (χ2n) is 7.58. The molecule has 0 spiro atoms. The Morgan fingerprint density at radius 2 is 2.03 bits per heavy atom. The first-order chi connectivity index (χ1) is 14.0. The Hall–Kier alpha value is -2.29. The van der Waals surface area contributed by atoms with Gasteiger partial charge in [-0.05, 0) is 39.0 Å². The predicted octanol–water partition coefficient (Wildman–Crippen LogP) is 3.36. The van der Waals surface area contributed by atoms with Crippen LogP contribution in [0.2, 0.25) is 0 Å². The molecule has 0 radical (unpaired) electrons. The van der Waals surface area contributed by atoms with Crippen molar-refractivity contribution in [1.29, 1.82) is 0 Å². The van der Waals surface area contributed by atoms with Gasteiger partial charge in [0.15, 0.2) is 5.13 Å². The van der Waals surface area contributed by atoms with Gasteiger partial charge < -0.3 is 4.74 Å². The summed E-state index contributed by atoms with van der Waals surface area (Å²) < 4.78 is 8.34. The molecule has 3 aromatic rings. The molecule has 0 saturated carbocycles. The van der Waals surface area contributed by atoms with Crippen molar-refractivity contribution in [3.05, 3.63) is 41.7 Å². The smallest absolute Gasteiger partial charge is 0.278 e. The number of rotatable bonds is 6. The Kier molecular flexibility index (Phi) is 5.94. The number of amides is 1. The molecule has 7 nitrogen and oxygen atoms in total. The minimum atomic E-state index is -0.0494. The molecule has 0 unspecified atom stereocenters. The molecular formula is C21H27N5O2S. The van der Waals surface area contributed by atoms with Crippen molar-refractivity contribution >= 4 is 32.6 Å². The Morgan fingerprint density at radius 3 is 2.76 bits per heavy atom. The minimum Gasteiger partial charge on any atom is -0.379 e. The van der Waals surface area contributed by atoms with Crippen LogP contribution in [0.15, 0.2) is 30.3 Å². The average Bonchev–Trinajstić information content (AvgIpc) is 3.32. The van der Waals surface area contributed by atoms with E-state index in [1.54, 1.807) is 11.3 Å². The second-order valence-corrected chi connectivity index (χ2v) is 8.59. The highest BCUT2D eigenvalue weighted by molar-refractivity contribution is 7.22. The van der Waals surface area contributed by atoms with E-state index in [1.807, 2.05) is 60.7 Å². The number of morpholine rings is 1. The number of para-hydroxylation sites is 1. The summed E-state index contributed by atoms with van der Waals surface area (Å²) in [4.78, 5) is 22.5. The number of aryl methyl sites for hydroxylation is 1. The average molecular weight is 414 g/mol. The Bertz CT molecular complexity index is 957. The van der Waals surface area contributed by atoms with Crippen LogP contribution in [0.3, 0.4) is 0 Å². The van der Waals surface area contributed by atoms with Crippen molar-refractivity contribution in [3.63, 3.8) is 0 Å². The molecule has 1 aliphatic rings. The molecule has 0 N–H and O–H groups in total. The minimum absolute atomic E-state index is 0.0494. The van der Waals surface area contributed by atoms with Gasteiger partial charge in [-0.3, -0.25) is 19.3 Å². The molecule has 1 fully saturated rings. The number of anilines is 1. The van der Waals surface area contributed by atoms with Crippen LogP contribution in [-0.2, 0) is 4.74 Å². The Labute approximate surface area is 174 Å². The molecule has 1 aromatic carbocycles. The predicted molar refractivity (Wildman–Crippen MR) is 116 cm³/mol. The van der Waals surface area contributed by atoms with Crippen LogP contribution in [0.1, 0.15) is 36.1 Å². The van der Waals surface area contributed by atoms with Gasteiger partial charge >= 0.3 is 0 Å². The first kappa shape index (κ1) is 20.0. The van der Waals surface area contributed by atoms with E-state index >= 15 is 0 Å². The van der Waals surface area contributed by atoms with Crippen molar-refractivity contribution in [2.75, 3.05) is 44.3 Å². The SMILES string of the molecule is Cc1cc(C(=O)N(CCN2CCOCC2)c2nc3ccccc3s2)n(C(C)C)n1. The third-order valence-corrected chi connectivity index (χ3v) is 6.13. The highest BCUT2D eigenvalue weighted by Crippen LogP contribution is 2.30. The lowest BCUT2D eigenvalue weighted by Gasteiger charge is -2.29. The molecule has 0 bridgehead atoms. The van der Waals surface area contributed by atoms with Gasteiger partial charge in [-0.15, -0.1) is 0 Å². The van der Waals surface area contributed by atoms with Gasteiger partial charge in [-0.25, -0.2) is 4.98 Å². The number of fused-ring (bicyclic) bond motifs is 1. The zero-order valence-electron chi connectivity index (χ0n) is 17.2. The van der Waals surface area contributed by atoms with E-state index in [4.69, 9.17) is 9.72 Å². The van der Waals surface area contributed by atoms with Crippen LogP contribution < -0.4 is 4.90 Å². The van der Waals surface area contributed by atoms with E-state index in [2.05, 4.69) is 10.00 Å². The summed E-state index contributed by atoms with van der Waals surface area (Å²) in [5.41, 5.74) is 2.38. The zero-order valence-corrected chi connectivity index (χ0v) is 18.0. The lowest BCUT2D eigenvalue weighted by Crippen LogP contribution is -2.43. The van der Waals surface area contributed by atoms with Crippen molar-refractivity contribution in [2.45, 2.75) is 26.8 Å². The number of thiazole rings is 1. The first-order valence-corrected chi connectivity index (χ1v) is 10.9. The number of hydrogen-bond acceptors (Lipinski definition) is 6. The standard InChI is InChI=1S/C21H27N5O2S/c1-15(2)26-18(14-16(3)23-26)20(27)25(9-8-24-10-12-28-13-11-24)21-22-17-6-4-5-7-19(17)29-21/h4-7,14-15H,8-13H2,1-3H3. The van der Waals surface area contributed by atoms with Gasteiger partial charge in [0, 0.05) is 32.2 Å². The monoisotopic (exact) mass is 413 g/mol. The number of nitrogens with zero attached hydrogens (tertiary/aromatic N) is 5. The highest BCUT2D eigenvalue weighted by atomic mass is 32.1. The number of hydrogen-bond donors (Lipinski definition) is 0. The summed E-state index contributed by atoms with van der Waals surface area (Å²) in [5, 5.41) is 5.26. The maximum atomic E-state index is 13.6. The number of carbonyl (C=O) groups excluding carboxylic acids is 1. The summed E-state index contributed by atoms with van der Waals surface area (Å²) in [7, 11) is 0. The van der Waals surface area contributed by atoms with Crippen LogP contribution in [0.5, 0.6) is 0 Å². The van der Waals surface area contributed by atoms with Gasteiger partial charge in [0.05, 0.1) is 29.1 Å². The molecule has 0 atom stereocenters. The third kappa shape index (κ3) is 4.34. The van der Waals surface area contributed by atoms with Crippen LogP contribution in [-0.4, -0.2) is 65.0 Å². The maximum absolute atomic E-state index is 13.6. The van der Waals surface area contributed by atoms with Gasteiger partial charge in [-0.1, -0.05) is 23.5 Å². The molecule has 1 aliphatic heterocycles. The van der Waals surface area contributed by atoms with E-state index in [0.717, 1.165) is 53.9 Å². The van der Waals surface area contributed by atoms with Crippen LogP contribution in [0, 0.1) is 6.92 Å². The molecule has 3 heterocycles. The molecule has 1 saturated heterocycles. The summed E-state index contributed by atoms with van der Waals surface area (Å²) in [6.07, 6.45) is 0. The molecule has 4 rings (SSSR count). The lowest BCUT2D eigenvalue weighted by molar-refractivity contribution is 0.0391. The Balaban J connectivity index is 1.66. The fourth-order valence-corrected chi connectivity index (χ4v) is 4.52. The maximum Gasteiger partial charge on any atom is 0.278 e. The number of aromatic nitrogens is 3. The largest absolute Gasteiger partial charge is 0.379 e. The lowest BCUT2D eigenvalue weighted by atomic mass is 10.3. The fraction of sp³-hybridized carbons (Fsp3) is 0.476. The third-order valence-electron chi connectivity index (χ3n) is 5.07. The van der Waals surface area contributed by atoms with E-state index in [0.29, 0.717) is 12.2 Å². The van der Waals surface area contributed by atoms with Crippen molar-refractivity contribution < 1.29 is 9.53 Å². The van der Waals surface area contributed by atoms with Gasteiger partial charge in [0.2, 0.25) is 0 Å². The van der Waals surface area contributed by atoms with E-state index in [1.165, 1.54) is 0 Å². The summed E-state index contributed by atoms with van der Waals surface area (Å²) in [6.45, 7) is 10.7. The van der Waals surface area contributed by atoms with Crippen molar-refractivity contribution in [2.24, 2.45) is 0 Å². The van der Waals surface area contributed by atoms with Gasteiger partial charge in [0.25, 0.3) is 5.91 Å². The highest BCUT2D eigenvalue weighted by Gasteiger charge is 2.26. The van der Waals surface area contributed by atoms with Crippen LogP contribution in [0.4, 0.5) is 5.13 Å². The quantitative estimate of drug-likeness (QED) is 0.620. The topological polar surface area (TPSA) is 63.5 Å². The Morgan fingerprint density at radius 1 is 1.28 bits per heavy atom. The molecule has 2 aromatic heterocycles. The summed E-state index contributed by atoms with van der Waals surface area (Å²) >= 11 is 1.56. The molecule has 8 heteroatoms. The first-order valence-electron chi connectivity index (χ1n) is 10.1. The van der Waals surface area contributed by atoms with Crippen molar-refractivity contribution in [1.82, 2.24) is 19.7 Å². The number of benzene rings is 1. The van der Waals surface area contributed by atoms with Gasteiger partial charge in [0.1, 0.15) is 5.69 Å². The van der Waals surface area contributed by atoms with E-state index in [-0.39, 0.29) is 11.9 Å². The molecule has 29 heavy (non-hydrogen) atoms.